The van der Waals surface area contributed by atoms with Crippen molar-refractivity contribution in [1.29, 1.82) is 0 Å². The van der Waals surface area contributed by atoms with Crippen molar-refractivity contribution in [2.75, 3.05) is 42.8 Å². The Balaban J connectivity index is 1.39. The molecule has 0 spiro atoms. The van der Waals surface area contributed by atoms with Gasteiger partial charge in [-0.25, -0.2) is 16.8 Å². The van der Waals surface area contributed by atoms with E-state index >= 15 is 0 Å². The van der Waals surface area contributed by atoms with Gasteiger partial charge >= 0.3 is 0 Å². The van der Waals surface area contributed by atoms with Crippen LogP contribution in [0.15, 0.2) is 53.4 Å². The molecule has 0 radical (unpaired) electrons. The molecule has 1 atom stereocenters. The predicted molar refractivity (Wildman–Crippen MR) is 132 cm³/mol. The molecule has 0 N–H and O–H groups in total. The number of amides is 1. The minimum absolute atomic E-state index is 0.142. The number of hydrogen-bond donors (Lipinski definition) is 0. The molecule has 2 saturated heterocycles. The van der Waals surface area contributed by atoms with Crippen molar-refractivity contribution >= 4 is 31.6 Å². The van der Waals surface area contributed by atoms with Crippen LogP contribution >= 0.6 is 0 Å². The van der Waals surface area contributed by atoms with Crippen molar-refractivity contribution < 1.29 is 21.6 Å². The zero-order valence-electron chi connectivity index (χ0n) is 19.6. The Morgan fingerprint density at radius 2 is 1.56 bits per heavy atom. The Labute approximate surface area is 202 Å². The SMILES string of the molecule is CC[C@H](C)c1ccc(S(=O)(=O)N2CCN(C(=O)c3ccc(N4CCCS4(=O)=O)cc3)CC2)cc1. The van der Waals surface area contributed by atoms with Gasteiger partial charge in [0.05, 0.1) is 16.3 Å². The van der Waals surface area contributed by atoms with E-state index < -0.39 is 20.0 Å². The summed E-state index contributed by atoms with van der Waals surface area (Å²) < 4.78 is 53.1. The molecule has 8 nitrogen and oxygen atoms in total. The van der Waals surface area contributed by atoms with Crippen LogP contribution in [0.3, 0.4) is 0 Å². The second kappa shape index (κ2) is 9.67. The molecule has 2 aliphatic heterocycles. The smallest absolute Gasteiger partial charge is 0.253 e. The molecular formula is C24H31N3O5S2. The molecule has 0 aliphatic carbocycles. The van der Waals surface area contributed by atoms with Crippen LogP contribution in [0.4, 0.5) is 5.69 Å². The summed E-state index contributed by atoms with van der Waals surface area (Å²) in [5.74, 6) is 0.328. The highest BCUT2D eigenvalue weighted by molar-refractivity contribution is 7.93. The topological polar surface area (TPSA) is 95.1 Å². The quantitative estimate of drug-likeness (QED) is 0.602. The van der Waals surface area contributed by atoms with Gasteiger partial charge in [0.25, 0.3) is 5.91 Å². The van der Waals surface area contributed by atoms with Crippen LogP contribution in [0.25, 0.3) is 0 Å². The zero-order chi connectivity index (χ0) is 24.5. The molecule has 2 aliphatic rings. The first kappa shape index (κ1) is 24.7. The van der Waals surface area contributed by atoms with E-state index in [1.54, 1.807) is 41.3 Å². The fraction of sp³-hybridized carbons (Fsp3) is 0.458. The van der Waals surface area contributed by atoms with Crippen molar-refractivity contribution in [3.05, 3.63) is 59.7 Å². The van der Waals surface area contributed by atoms with E-state index in [1.807, 2.05) is 12.1 Å². The van der Waals surface area contributed by atoms with E-state index in [0.717, 1.165) is 12.0 Å². The Morgan fingerprint density at radius 3 is 2.09 bits per heavy atom. The first-order chi connectivity index (χ1) is 16.1. The van der Waals surface area contributed by atoms with E-state index in [4.69, 9.17) is 0 Å². The normalized spacial score (nSPS) is 19.8. The van der Waals surface area contributed by atoms with E-state index in [-0.39, 0.29) is 29.6 Å². The molecule has 4 rings (SSSR count). The van der Waals surface area contributed by atoms with Gasteiger partial charge in [0.2, 0.25) is 20.0 Å². The largest absolute Gasteiger partial charge is 0.336 e. The average molecular weight is 506 g/mol. The lowest BCUT2D eigenvalue weighted by Crippen LogP contribution is -2.50. The van der Waals surface area contributed by atoms with Gasteiger partial charge in [0.15, 0.2) is 0 Å². The van der Waals surface area contributed by atoms with Crippen LogP contribution in [-0.4, -0.2) is 70.4 Å². The number of carbonyl (C=O) groups is 1. The average Bonchev–Trinajstić information content (AvgIpc) is 3.22. The van der Waals surface area contributed by atoms with E-state index in [2.05, 4.69) is 13.8 Å². The highest BCUT2D eigenvalue weighted by atomic mass is 32.2. The van der Waals surface area contributed by atoms with E-state index in [0.29, 0.717) is 43.2 Å². The number of hydrogen-bond acceptors (Lipinski definition) is 5. The molecule has 0 bridgehead atoms. The minimum Gasteiger partial charge on any atom is -0.336 e. The molecule has 0 unspecified atom stereocenters. The van der Waals surface area contributed by atoms with Crippen molar-refractivity contribution in [1.82, 2.24) is 9.21 Å². The first-order valence-electron chi connectivity index (χ1n) is 11.6. The molecule has 0 saturated carbocycles. The molecule has 0 aromatic heterocycles. The van der Waals surface area contributed by atoms with Gasteiger partial charge in [-0.1, -0.05) is 26.0 Å². The van der Waals surface area contributed by atoms with Crippen LogP contribution < -0.4 is 4.31 Å². The van der Waals surface area contributed by atoms with Crippen LogP contribution in [0.2, 0.25) is 0 Å². The summed E-state index contributed by atoms with van der Waals surface area (Å²) in [6.07, 6.45) is 1.58. The molecule has 2 heterocycles. The Bertz CT molecular complexity index is 1230. The van der Waals surface area contributed by atoms with E-state index in [9.17, 15) is 21.6 Å². The molecule has 2 aromatic rings. The van der Waals surface area contributed by atoms with Crippen molar-refractivity contribution in [3.8, 4) is 0 Å². The number of nitrogens with zero attached hydrogens (tertiary/aromatic N) is 3. The Hall–Kier alpha value is -2.43. The third-order valence-electron chi connectivity index (χ3n) is 6.73. The molecule has 1 amide bonds. The number of piperazine rings is 1. The lowest BCUT2D eigenvalue weighted by Gasteiger charge is -2.34. The first-order valence-corrected chi connectivity index (χ1v) is 14.7. The maximum atomic E-state index is 13.1. The molecule has 2 aromatic carbocycles. The number of rotatable bonds is 6. The fourth-order valence-electron chi connectivity index (χ4n) is 4.37. The Morgan fingerprint density at radius 1 is 0.941 bits per heavy atom. The van der Waals surface area contributed by atoms with E-state index in [1.165, 1.54) is 8.61 Å². The van der Waals surface area contributed by atoms with Crippen molar-refractivity contribution in [2.45, 2.75) is 37.5 Å². The maximum Gasteiger partial charge on any atom is 0.253 e. The predicted octanol–water partition coefficient (Wildman–Crippen LogP) is 2.89. The number of benzene rings is 2. The summed E-state index contributed by atoms with van der Waals surface area (Å²) in [7, 11) is -6.89. The molecular weight excluding hydrogens is 474 g/mol. The summed E-state index contributed by atoms with van der Waals surface area (Å²) in [5, 5.41) is 0. The number of carbonyl (C=O) groups excluding carboxylic acids is 1. The lowest BCUT2D eigenvalue weighted by molar-refractivity contribution is 0.0698. The number of anilines is 1. The minimum atomic E-state index is -3.62. The summed E-state index contributed by atoms with van der Waals surface area (Å²) in [6.45, 7) is 5.71. The summed E-state index contributed by atoms with van der Waals surface area (Å²) in [4.78, 5) is 14.9. The molecule has 10 heteroatoms. The van der Waals surface area contributed by atoms with Gasteiger partial charge in [0, 0.05) is 38.3 Å². The molecule has 184 valence electrons. The van der Waals surface area contributed by atoms with Gasteiger partial charge in [-0.2, -0.15) is 4.31 Å². The molecule has 2 fully saturated rings. The lowest BCUT2D eigenvalue weighted by atomic mass is 9.99. The third kappa shape index (κ3) is 4.85. The van der Waals surface area contributed by atoms with Crippen LogP contribution in [0.1, 0.15) is 48.5 Å². The monoisotopic (exact) mass is 505 g/mol. The van der Waals surface area contributed by atoms with Gasteiger partial charge < -0.3 is 4.90 Å². The summed E-state index contributed by atoms with van der Waals surface area (Å²) in [6, 6.07) is 13.6. The van der Waals surface area contributed by atoms with Crippen molar-refractivity contribution in [3.63, 3.8) is 0 Å². The van der Waals surface area contributed by atoms with Gasteiger partial charge in [-0.05, 0) is 60.7 Å². The number of sulfonamides is 2. The van der Waals surface area contributed by atoms with Crippen LogP contribution in [0.5, 0.6) is 0 Å². The fourth-order valence-corrected chi connectivity index (χ4v) is 7.35. The second-order valence-electron chi connectivity index (χ2n) is 8.86. The second-order valence-corrected chi connectivity index (χ2v) is 12.8. The van der Waals surface area contributed by atoms with Gasteiger partial charge in [-0.15, -0.1) is 0 Å². The van der Waals surface area contributed by atoms with Crippen LogP contribution in [0, 0.1) is 0 Å². The van der Waals surface area contributed by atoms with Gasteiger partial charge in [-0.3, -0.25) is 9.10 Å². The van der Waals surface area contributed by atoms with Crippen LogP contribution in [-0.2, 0) is 20.0 Å². The molecule has 34 heavy (non-hydrogen) atoms. The standard InChI is InChI=1S/C24H31N3O5S2/c1-3-19(2)20-7-11-23(12-8-20)34(31,32)26-16-14-25(15-17-26)24(28)21-5-9-22(10-6-21)27-13-4-18-33(27,29)30/h5-12,19H,3-4,13-18H2,1-2H3/t19-/m0/s1. The Kier molecular flexibility index (Phi) is 7.02. The maximum absolute atomic E-state index is 13.1. The van der Waals surface area contributed by atoms with Gasteiger partial charge in [0.1, 0.15) is 0 Å². The summed E-state index contributed by atoms with van der Waals surface area (Å²) >= 11 is 0. The highest BCUT2D eigenvalue weighted by Gasteiger charge is 2.31. The summed E-state index contributed by atoms with van der Waals surface area (Å²) in [5.41, 5.74) is 2.13. The third-order valence-corrected chi connectivity index (χ3v) is 10.5. The highest BCUT2D eigenvalue weighted by Crippen LogP contribution is 2.26. The van der Waals surface area contributed by atoms with Crippen molar-refractivity contribution in [2.24, 2.45) is 0 Å². The zero-order valence-corrected chi connectivity index (χ0v) is 21.2.